The molecule has 3 atom stereocenters. The summed E-state index contributed by atoms with van der Waals surface area (Å²) < 4.78 is 19.6. The minimum atomic E-state index is -1.52. The van der Waals surface area contributed by atoms with E-state index in [1.165, 1.54) is 6.08 Å². The van der Waals surface area contributed by atoms with Gasteiger partial charge in [-0.2, -0.15) is 0 Å². The van der Waals surface area contributed by atoms with Gasteiger partial charge in [-0.1, -0.05) is 45.4 Å². The molecule has 0 radical (unpaired) electrons. The number of aliphatic hydroxyl groups is 2. The highest BCUT2D eigenvalue weighted by molar-refractivity contribution is 5.89. The number of hydrogen-bond donors (Lipinski definition) is 2. The van der Waals surface area contributed by atoms with E-state index >= 15 is 0 Å². The van der Waals surface area contributed by atoms with Crippen LogP contribution in [-0.2, 0) is 4.74 Å². The molecule has 0 fully saturated rings. The van der Waals surface area contributed by atoms with E-state index < -0.39 is 30.1 Å². The van der Waals surface area contributed by atoms with Crippen molar-refractivity contribution >= 4 is 5.97 Å². The lowest BCUT2D eigenvalue weighted by Gasteiger charge is -2.26. The molecule has 1 aromatic rings. The first kappa shape index (κ1) is 20.3. The van der Waals surface area contributed by atoms with Crippen molar-refractivity contribution in [2.24, 2.45) is 5.92 Å². The van der Waals surface area contributed by atoms with Crippen LogP contribution in [0.5, 0.6) is 0 Å². The van der Waals surface area contributed by atoms with E-state index in [4.69, 9.17) is 4.74 Å². The molecule has 1 rings (SSSR count). The molecule has 1 aromatic carbocycles. The lowest BCUT2D eigenvalue weighted by molar-refractivity contribution is -0.0656. The Hall–Kier alpha value is -1.72. The summed E-state index contributed by atoms with van der Waals surface area (Å²) in [6.45, 7) is 5.69. The first-order valence-electron chi connectivity index (χ1n) is 8.34. The molecule has 0 aliphatic carbocycles. The average molecular weight is 338 g/mol. The molecule has 0 bridgehead atoms. The van der Waals surface area contributed by atoms with E-state index in [0.717, 1.165) is 0 Å². The predicted octanol–water partition coefficient (Wildman–Crippen LogP) is 3.63. The van der Waals surface area contributed by atoms with E-state index in [1.54, 1.807) is 30.3 Å². The fourth-order valence-corrected chi connectivity index (χ4v) is 2.18. The number of benzene rings is 1. The summed E-state index contributed by atoms with van der Waals surface area (Å²) in [7, 11) is 0. The number of hydrogen-bond acceptors (Lipinski definition) is 4. The van der Waals surface area contributed by atoms with Crippen LogP contribution in [0.1, 0.15) is 50.4 Å². The van der Waals surface area contributed by atoms with Gasteiger partial charge in [0, 0.05) is 0 Å². The average Bonchev–Trinajstić information content (AvgIpc) is 2.57. The van der Waals surface area contributed by atoms with Crippen LogP contribution < -0.4 is 0 Å². The third kappa shape index (κ3) is 6.42. The molecule has 0 heterocycles. The third-order valence-corrected chi connectivity index (χ3v) is 3.59. The molecule has 134 valence electrons. The zero-order valence-electron chi connectivity index (χ0n) is 14.5. The normalized spacial score (nSPS) is 15.9. The Kier molecular flexibility index (Phi) is 8.65. The minimum Gasteiger partial charge on any atom is -0.449 e. The van der Waals surface area contributed by atoms with E-state index in [1.807, 2.05) is 20.8 Å². The highest BCUT2D eigenvalue weighted by atomic mass is 19.1. The fourth-order valence-electron chi connectivity index (χ4n) is 2.18. The van der Waals surface area contributed by atoms with Crippen molar-refractivity contribution in [3.05, 3.63) is 47.8 Å². The van der Waals surface area contributed by atoms with Crippen molar-refractivity contribution in [2.45, 2.75) is 58.3 Å². The van der Waals surface area contributed by atoms with Crippen LogP contribution in [0, 0.1) is 5.92 Å². The SMILES string of the molecule is CCC[C@H](O)[C@H](O)C(OC(=O)c1ccccc1)/C(F)=C\CC(C)C. The molecule has 0 aliphatic heterocycles. The van der Waals surface area contributed by atoms with Crippen molar-refractivity contribution in [1.29, 1.82) is 0 Å². The number of esters is 1. The summed E-state index contributed by atoms with van der Waals surface area (Å²) in [6.07, 6.45) is -1.54. The molecule has 1 unspecified atom stereocenters. The van der Waals surface area contributed by atoms with E-state index in [-0.39, 0.29) is 17.9 Å². The molecular weight excluding hydrogens is 311 g/mol. The zero-order valence-corrected chi connectivity index (χ0v) is 14.5. The van der Waals surface area contributed by atoms with Crippen molar-refractivity contribution < 1.29 is 24.1 Å². The maximum absolute atomic E-state index is 14.5. The van der Waals surface area contributed by atoms with Crippen LogP contribution in [0.25, 0.3) is 0 Å². The molecule has 0 spiro atoms. The zero-order chi connectivity index (χ0) is 18.1. The Bertz CT molecular complexity index is 527. The molecular formula is C19H27FO4. The van der Waals surface area contributed by atoms with Gasteiger partial charge in [0.2, 0.25) is 0 Å². The van der Waals surface area contributed by atoms with E-state index in [0.29, 0.717) is 12.8 Å². The van der Waals surface area contributed by atoms with Crippen molar-refractivity contribution in [3.8, 4) is 0 Å². The number of carbonyl (C=O) groups excluding carboxylic acids is 1. The first-order valence-corrected chi connectivity index (χ1v) is 8.34. The van der Waals surface area contributed by atoms with E-state index in [2.05, 4.69) is 0 Å². The molecule has 24 heavy (non-hydrogen) atoms. The Morgan fingerprint density at radius 2 is 1.88 bits per heavy atom. The maximum atomic E-state index is 14.5. The van der Waals surface area contributed by atoms with Crippen LogP contribution in [0.3, 0.4) is 0 Å². The molecule has 2 N–H and O–H groups in total. The summed E-state index contributed by atoms with van der Waals surface area (Å²) in [5, 5.41) is 20.2. The second-order valence-corrected chi connectivity index (χ2v) is 6.26. The number of carbonyl (C=O) groups is 1. The molecule has 0 aromatic heterocycles. The molecule has 4 nitrogen and oxygen atoms in total. The minimum absolute atomic E-state index is 0.221. The summed E-state index contributed by atoms with van der Waals surface area (Å²) >= 11 is 0. The third-order valence-electron chi connectivity index (χ3n) is 3.59. The Labute approximate surface area is 143 Å². The van der Waals surface area contributed by atoms with Gasteiger partial charge < -0.3 is 14.9 Å². The molecule has 5 heteroatoms. The molecule has 0 amide bonds. The molecule has 0 saturated carbocycles. The summed E-state index contributed by atoms with van der Waals surface area (Å²) in [6, 6.07) is 8.17. The monoisotopic (exact) mass is 338 g/mol. The summed E-state index contributed by atoms with van der Waals surface area (Å²) in [5.74, 6) is -1.26. The van der Waals surface area contributed by atoms with Gasteiger partial charge in [0.05, 0.1) is 11.7 Å². The van der Waals surface area contributed by atoms with Crippen molar-refractivity contribution in [3.63, 3.8) is 0 Å². The van der Waals surface area contributed by atoms with E-state index in [9.17, 15) is 19.4 Å². The van der Waals surface area contributed by atoms with Gasteiger partial charge >= 0.3 is 5.97 Å². The highest BCUT2D eigenvalue weighted by Gasteiger charge is 2.33. The lowest BCUT2D eigenvalue weighted by Crippen LogP contribution is -2.40. The highest BCUT2D eigenvalue weighted by Crippen LogP contribution is 2.21. The van der Waals surface area contributed by atoms with Crippen LogP contribution in [0.15, 0.2) is 42.2 Å². The standard InChI is InChI=1S/C19H27FO4/c1-4-8-16(21)17(22)18(15(20)12-11-13(2)3)24-19(23)14-9-6-5-7-10-14/h5-7,9-10,12-13,16-18,21-22H,4,8,11H2,1-3H3/b15-12+/t16-,17-,18?/m0/s1. The van der Waals surface area contributed by atoms with Crippen molar-refractivity contribution in [2.75, 3.05) is 0 Å². The quantitative estimate of drug-likeness (QED) is 0.675. The summed E-state index contributed by atoms with van der Waals surface area (Å²) in [5.41, 5.74) is 0.261. The number of allylic oxidation sites excluding steroid dienone is 1. The number of rotatable bonds is 9. The van der Waals surface area contributed by atoms with Crippen LogP contribution >= 0.6 is 0 Å². The molecule has 0 saturated heterocycles. The Balaban J connectivity index is 2.95. The summed E-state index contributed by atoms with van der Waals surface area (Å²) in [4.78, 5) is 12.2. The maximum Gasteiger partial charge on any atom is 0.338 e. The first-order chi connectivity index (χ1) is 11.4. The van der Waals surface area contributed by atoms with Crippen LogP contribution in [0.2, 0.25) is 0 Å². The molecule has 0 aliphatic rings. The van der Waals surface area contributed by atoms with Gasteiger partial charge in [-0.25, -0.2) is 9.18 Å². The van der Waals surface area contributed by atoms with Crippen molar-refractivity contribution in [1.82, 2.24) is 0 Å². The van der Waals surface area contributed by atoms with Gasteiger partial charge in [0.15, 0.2) is 6.10 Å². The van der Waals surface area contributed by atoms with Gasteiger partial charge in [-0.3, -0.25) is 0 Å². The number of aliphatic hydroxyl groups excluding tert-OH is 2. The van der Waals surface area contributed by atoms with Gasteiger partial charge in [0.25, 0.3) is 0 Å². The van der Waals surface area contributed by atoms with Crippen LogP contribution in [0.4, 0.5) is 4.39 Å². The van der Waals surface area contributed by atoms with Gasteiger partial charge in [0.1, 0.15) is 11.9 Å². The number of halogens is 1. The van der Waals surface area contributed by atoms with Gasteiger partial charge in [-0.05, 0) is 37.0 Å². The topological polar surface area (TPSA) is 66.8 Å². The lowest BCUT2D eigenvalue weighted by atomic mass is 10.0. The Morgan fingerprint density at radius 1 is 1.25 bits per heavy atom. The second kappa shape index (κ2) is 10.2. The second-order valence-electron chi connectivity index (χ2n) is 6.26. The fraction of sp³-hybridized carbons (Fsp3) is 0.526. The smallest absolute Gasteiger partial charge is 0.338 e. The van der Waals surface area contributed by atoms with Gasteiger partial charge in [-0.15, -0.1) is 0 Å². The van der Waals surface area contributed by atoms with Crippen LogP contribution in [-0.4, -0.2) is 34.5 Å². The number of ether oxygens (including phenoxy) is 1. The largest absolute Gasteiger partial charge is 0.449 e. The predicted molar refractivity (Wildman–Crippen MR) is 91.2 cm³/mol. The Morgan fingerprint density at radius 3 is 2.42 bits per heavy atom.